The SMILES string of the molecule is C=CC(C)CCC(=O)Nc1ccc(CC)cc1. The lowest BCUT2D eigenvalue weighted by Crippen LogP contribution is -2.12. The first-order valence-corrected chi connectivity index (χ1v) is 6.17. The van der Waals surface area contributed by atoms with Gasteiger partial charge in [0.2, 0.25) is 5.91 Å². The molecule has 17 heavy (non-hydrogen) atoms. The van der Waals surface area contributed by atoms with Crippen LogP contribution < -0.4 is 5.32 Å². The number of hydrogen-bond acceptors (Lipinski definition) is 1. The monoisotopic (exact) mass is 231 g/mol. The van der Waals surface area contributed by atoms with Crippen LogP contribution in [0.25, 0.3) is 0 Å². The molecule has 0 radical (unpaired) electrons. The second-order valence-corrected chi connectivity index (χ2v) is 4.35. The number of allylic oxidation sites excluding steroid dienone is 1. The zero-order valence-corrected chi connectivity index (χ0v) is 10.7. The topological polar surface area (TPSA) is 29.1 Å². The first-order chi connectivity index (χ1) is 8.15. The molecule has 1 aromatic carbocycles. The number of hydrogen-bond donors (Lipinski definition) is 1. The molecule has 0 saturated carbocycles. The molecule has 0 aliphatic rings. The lowest BCUT2D eigenvalue weighted by atomic mass is 10.1. The number of rotatable bonds is 6. The van der Waals surface area contributed by atoms with Gasteiger partial charge in [-0.25, -0.2) is 0 Å². The lowest BCUT2D eigenvalue weighted by Gasteiger charge is -2.07. The maximum atomic E-state index is 11.6. The second kappa shape index (κ2) is 6.89. The van der Waals surface area contributed by atoms with Crippen LogP contribution in [0.5, 0.6) is 0 Å². The Bertz CT molecular complexity index is 367. The highest BCUT2D eigenvalue weighted by Crippen LogP contribution is 2.12. The minimum absolute atomic E-state index is 0.0722. The number of amides is 1. The molecule has 0 aliphatic carbocycles. The van der Waals surface area contributed by atoms with Crippen molar-refractivity contribution in [3.63, 3.8) is 0 Å². The number of anilines is 1. The van der Waals surface area contributed by atoms with E-state index < -0.39 is 0 Å². The molecule has 92 valence electrons. The molecule has 1 atom stereocenters. The van der Waals surface area contributed by atoms with E-state index in [1.165, 1.54) is 5.56 Å². The predicted molar refractivity (Wildman–Crippen MR) is 73.0 cm³/mol. The molecular formula is C15H21NO. The quantitative estimate of drug-likeness (QED) is 0.741. The van der Waals surface area contributed by atoms with Crippen LogP contribution in [0.3, 0.4) is 0 Å². The number of carbonyl (C=O) groups excluding carboxylic acids is 1. The van der Waals surface area contributed by atoms with E-state index in [1.807, 2.05) is 30.3 Å². The Kier molecular flexibility index (Phi) is 5.47. The van der Waals surface area contributed by atoms with Gasteiger partial charge in [0, 0.05) is 12.1 Å². The smallest absolute Gasteiger partial charge is 0.224 e. The van der Waals surface area contributed by atoms with Crippen LogP contribution >= 0.6 is 0 Å². The summed E-state index contributed by atoms with van der Waals surface area (Å²) < 4.78 is 0. The van der Waals surface area contributed by atoms with Gasteiger partial charge in [-0.15, -0.1) is 6.58 Å². The lowest BCUT2D eigenvalue weighted by molar-refractivity contribution is -0.116. The Hall–Kier alpha value is -1.57. The zero-order valence-electron chi connectivity index (χ0n) is 10.7. The van der Waals surface area contributed by atoms with Crippen molar-refractivity contribution < 1.29 is 4.79 Å². The molecular weight excluding hydrogens is 210 g/mol. The second-order valence-electron chi connectivity index (χ2n) is 4.35. The van der Waals surface area contributed by atoms with Crippen molar-refractivity contribution in [2.45, 2.75) is 33.1 Å². The highest BCUT2D eigenvalue weighted by molar-refractivity contribution is 5.90. The van der Waals surface area contributed by atoms with Crippen LogP contribution in [0.4, 0.5) is 5.69 Å². The van der Waals surface area contributed by atoms with Gasteiger partial charge in [-0.2, -0.15) is 0 Å². The summed E-state index contributed by atoms with van der Waals surface area (Å²) in [4.78, 5) is 11.6. The van der Waals surface area contributed by atoms with Crippen molar-refractivity contribution >= 4 is 11.6 Å². The average Bonchev–Trinajstić information content (AvgIpc) is 2.36. The summed E-state index contributed by atoms with van der Waals surface area (Å²) in [5.41, 5.74) is 2.15. The summed E-state index contributed by atoms with van der Waals surface area (Å²) in [5.74, 6) is 0.464. The van der Waals surface area contributed by atoms with Gasteiger partial charge in [0.15, 0.2) is 0 Å². The van der Waals surface area contributed by atoms with Crippen LogP contribution in [-0.2, 0) is 11.2 Å². The van der Waals surface area contributed by atoms with Gasteiger partial charge in [-0.3, -0.25) is 4.79 Å². The minimum Gasteiger partial charge on any atom is -0.326 e. The predicted octanol–water partition coefficient (Wildman–Crippen LogP) is 3.79. The maximum Gasteiger partial charge on any atom is 0.224 e. The van der Waals surface area contributed by atoms with E-state index in [1.54, 1.807) is 0 Å². The van der Waals surface area contributed by atoms with E-state index >= 15 is 0 Å². The minimum atomic E-state index is 0.0722. The van der Waals surface area contributed by atoms with Gasteiger partial charge in [0.1, 0.15) is 0 Å². The highest BCUT2D eigenvalue weighted by Gasteiger charge is 2.04. The molecule has 1 amide bonds. The summed E-state index contributed by atoms with van der Waals surface area (Å²) >= 11 is 0. The van der Waals surface area contributed by atoms with Crippen molar-refractivity contribution in [3.8, 4) is 0 Å². The van der Waals surface area contributed by atoms with Crippen molar-refractivity contribution in [3.05, 3.63) is 42.5 Å². The molecule has 1 aromatic rings. The number of aryl methyl sites for hydroxylation is 1. The van der Waals surface area contributed by atoms with E-state index in [-0.39, 0.29) is 5.91 Å². The van der Waals surface area contributed by atoms with E-state index in [4.69, 9.17) is 0 Å². The van der Waals surface area contributed by atoms with Crippen LogP contribution in [0.2, 0.25) is 0 Å². The molecule has 0 aromatic heterocycles. The molecule has 0 bridgehead atoms. The van der Waals surface area contributed by atoms with Crippen LogP contribution in [0, 0.1) is 5.92 Å². The fraction of sp³-hybridized carbons (Fsp3) is 0.400. The van der Waals surface area contributed by atoms with Crippen molar-refractivity contribution in [1.29, 1.82) is 0 Å². The maximum absolute atomic E-state index is 11.6. The summed E-state index contributed by atoms with van der Waals surface area (Å²) in [6.07, 6.45) is 4.29. The zero-order chi connectivity index (χ0) is 12.7. The van der Waals surface area contributed by atoms with Gasteiger partial charge in [0.05, 0.1) is 0 Å². The normalized spacial score (nSPS) is 11.9. The van der Waals surface area contributed by atoms with Crippen LogP contribution in [0.1, 0.15) is 32.3 Å². The molecule has 1 unspecified atom stereocenters. The number of benzene rings is 1. The third-order valence-electron chi connectivity index (χ3n) is 2.88. The molecule has 1 rings (SSSR count). The molecule has 0 fully saturated rings. The van der Waals surface area contributed by atoms with Gasteiger partial charge >= 0.3 is 0 Å². The third kappa shape index (κ3) is 4.85. The molecule has 0 aliphatic heterocycles. The van der Waals surface area contributed by atoms with Crippen LogP contribution in [-0.4, -0.2) is 5.91 Å². The largest absolute Gasteiger partial charge is 0.326 e. The average molecular weight is 231 g/mol. The molecule has 0 saturated heterocycles. The number of carbonyl (C=O) groups is 1. The summed E-state index contributed by atoms with van der Waals surface area (Å²) in [6.45, 7) is 7.89. The summed E-state index contributed by atoms with van der Waals surface area (Å²) in [6, 6.07) is 7.99. The Balaban J connectivity index is 2.42. The Morgan fingerprint density at radius 1 is 1.41 bits per heavy atom. The fourth-order valence-corrected chi connectivity index (χ4v) is 1.52. The molecule has 1 N–H and O–H groups in total. The van der Waals surface area contributed by atoms with E-state index in [0.29, 0.717) is 12.3 Å². The first kappa shape index (κ1) is 13.5. The number of nitrogens with one attached hydrogen (secondary N) is 1. The fourth-order valence-electron chi connectivity index (χ4n) is 1.52. The van der Waals surface area contributed by atoms with E-state index in [2.05, 4.69) is 25.7 Å². The standard InChI is InChI=1S/C15H21NO/c1-4-12(3)6-11-15(17)16-14-9-7-13(5-2)8-10-14/h4,7-10,12H,1,5-6,11H2,2-3H3,(H,16,17). The molecule has 2 heteroatoms. The molecule has 0 heterocycles. The van der Waals surface area contributed by atoms with Gasteiger partial charge in [0.25, 0.3) is 0 Å². The van der Waals surface area contributed by atoms with Gasteiger partial charge in [-0.1, -0.05) is 32.1 Å². The Labute approximate surface area is 104 Å². The molecule has 0 spiro atoms. The van der Waals surface area contributed by atoms with Gasteiger partial charge in [-0.05, 0) is 36.5 Å². The highest BCUT2D eigenvalue weighted by atomic mass is 16.1. The van der Waals surface area contributed by atoms with Crippen molar-refractivity contribution in [2.24, 2.45) is 5.92 Å². The third-order valence-corrected chi connectivity index (χ3v) is 2.88. The van der Waals surface area contributed by atoms with E-state index in [9.17, 15) is 4.79 Å². The van der Waals surface area contributed by atoms with Crippen LogP contribution in [0.15, 0.2) is 36.9 Å². The molecule has 2 nitrogen and oxygen atoms in total. The van der Waals surface area contributed by atoms with Crippen molar-refractivity contribution in [2.75, 3.05) is 5.32 Å². The van der Waals surface area contributed by atoms with E-state index in [0.717, 1.165) is 18.5 Å². The Morgan fingerprint density at radius 3 is 2.59 bits per heavy atom. The Morgan fingerprint density at radius 2 is 2.06 bits per heavy atom. The summed E-state index contributed by atoms with van der Waals surface area (Å²) in [5, 5.41) is 2.90. The summed E-state index contributed by atoms with van der Waals surface area (Å²) in [7, 11) is 0. The first-order valence-electron chi connectivity index (χ1n) is 6.17. The van der Waals surface area contributed by atoms with Crippen molar-refractivity contribution in [1.82, 2.24) is 0 Å². The van der Waals surface area contributed by atoms with Gasteiger partial charge < -0.3 is 5.32 Å².